The molecule has 0 atom stereocenters. The zero-order valence-corrected chi connectivity index (χ0v) is 14.6. The molecule has 120 valence electrons. The molecular weight excluding hydrogens is 365 g/mol. The summed E-state index contributed by atoms with van der Waals surface area (Å²) in [6, 6.07) is 13.8. The lowest BCUT2D eigenvalue weighted by atomic mass is 10.1. The zero-order valence-electron chi connectivity index (χ0n) is 12.3. The van der Waals surface area contributed by atoms with Gasteiger partial charge in [-0.3, -0.25) is 9.59 Å². The second-order valence-electron chi connectivity index (χ2n) is 5.00. The molecule has 0 spiro atoms. The third-order valence-electron chi connectivity index (χ3n) is 3.24. The number of ketones is 1. The minimum atomic E-state index is -0.231. The van der Waals surface area contributed by atoms with Crippen LogP contribution in [0.1, 0.15) is 15.9 Å². The van der Waals surface area contributed by atoms with Gasteiger partial charge in [-0.15, -0.1) is 11.3 Å². The normalized spacial score (nSPS) is 12.6. The van der Waals surface area contributed by atoms with Crippen LogP contribution in [0.4, 0.5) is 0 Å². The predicted octanol–water partition coefficient (Wildman–Crippen LogP) is 3.24. The van der Waals surface area contributed by atoms with Crippen LogP contribution in [0.5, 0.6) is 0 Å². The first kappa shape index (κ1) is 16.7. The molecule has 2 aromatic carbocycles. The number of rotatable bonds is 3. The van der Waals surface area contributed by atoms with E-state index in [4.69, 9.17) is 23.2 Å². The molecule has 0 radical (unpaired) electrons. The molecule has 3 nitrogen and oxygen atoms in total. The first-order chi connectivity index (χ1) is 11.5. The molecule has 24 heavy (non-hydrogen) atoms. The SMILES string of the molecule is O=C(/C=c1/[nH]c(=O)/c(=C\c2ccc(Cl)cc2)s1)c1ccc(Cl)cc1. The molecule has 1 aromatic heterocycles. The largest absolute Gasteiger partial charge is 0.313 e. The van der Waals surface area contributed by atoms with Crippen LogP contribution in [0.25, 0.3) is 12.2 Å². The highest BCUT2D eigenvalue weighted by atomic mass is 35.5. The Morgan fingerprint density at radius 2 is 1.54 bits per heavy atom. The minimum absolute atomic E-state index is 0.192. The van der Waals surface area contributed by atoms with Gasteiger partial charge in [-0.25, -0.2) is 0 Å². The molecule has 0 unspecified atom stereocenters. The summed E-state index contributed by atoms with van der Waals surface area (Å²) < 4.78 is 1.02. The second-order valence-corrected chi connectivity index (χ2v) is 6.95. The van der Waals surface area contributed by atoms with Gasteiger partial charge in [0.2, 0.25) is 0 Å². The highest BCUT2D eigenvalue weighted by Crippen LogP contribution is 2.11. The van der Waals surface area contributed by atoms with E-state index in [-0.39, 0.29) is 11.3 Å². The molecule has 0 amide bonds. The summed E-state index contributed by atoms with van der Waals surface area (Å²) >= 11 is 12.9. The van der Waals surface area contributed by atoms with Gasteiger partial charge in [0.15, 0.2) is 5.78 Å². The fourth-order valence-corrected chi connectivity index (χ4v) is 3.19. The zero-order chi connectivity index (χ0) is 17.1. The summed E-state index contributed by atoms with van der Waals surface area (Å²) in [6.07, 6.45) is 3.17. The van der Waals surface area contributed by atoms with Gasteiger partial charge in [-0.2, -0.15) is 0 Å². The molecule has 3 aromatic rings. The summed E-state index contributed by atoms with van der Waals surface area (Å²) in [7, 11) is 0. The molecule has 0 bridgehead atoms. The maximum absolute atomic E-state index is 12.2. The highest BCUT2D eigenvalue weighted by Gasteiger charge is 2.03. The molecule has 0 saturated heterocycles. The topological polar surface area (TPSA) is 49.9 Å². The number of nitrogens with one attached hydrogen (secondary N) is 1. The van der Waals surface area contributed by atoms with Gasteiger partial charge >= 0.3 is 0 Å². The summed E-state index contributed by atoms with van der Waals surface area (Å²) in [5, 5.41) is 1.20. The van der Waals surface area contributed by atoms with Crippen LogP contribution in [0.2, 0.25) is 10.0 Å². The Kier molecular flexibility index (Phi) is 5.00. The number of halogens is 2. The number of carbonyl (C=O) groups is 1. The molecule has 0 saturated carbocycles. The van der Waals surface area contributed by atoms with Gasteiger partial charge in [-0.1, -0.05) is 35.3 Å². The quantitative estimate of drug-likeness (QED) is 0.714. The Labute approximate surface area is 151 Å². The number of aromatic amines is 1. The smallest absolute Gasteiger partial charge is 0.266 e. The second kappa shape index (κ2) is 7.18. The van der Waals surface area contributed by atoms with E-state index in [0.29, 0.717) is 24.8 Å². The van der Waals surface area contributed by atoms with Crippen molar-refractivity contribution in [3.05, 3.63) is 89.3 Å². The van der Waals surface area contributed by atoms with Crippen molar-refractivity contribution in [1.29, 1.82) is 0 Å². The van der Waals surface area contributed by atoms with Crippen LogP contribution in [0.3, 0.4) is 0 Å². The molecule has 3 rings (SSSR count). The molecule has 0 aliphatic rings. The highest BCUT2D eigenvalue weighted by molar-refractivity contribution is 7.07. The van der Waals surface area contributed by atoms with E-state index in [1.54, 1.807) is 42.5 Å². The number of benzene rings is 2. The fourth-order valence-electron chi connectivity index (χ4n) is 2.05. The van der Waals surface area contributed by atoms with Crippen molar-refractivity contribution in [2.24, 2.45) is 0 Å². The van der Waals surface area contributed by atoms with Gasteiger partial charge in [0, 0.05) is 21.7 Å². The summed E-state index contributed by atoms with van der Waals surface area (Å²) in [6.45, 7) is 0. The number of H-pyrrole nitrogens is 1. The van der Waals surface area contributed by atoms with Gasteiger partial charge < -0.3 is 4.98 Å². The summed E-state index contributed by atoms with van der Waals surface area (Å²) in [5.74, 6) is -0.192. The maximum atomic E-state index is 12.2. The first-order valence-corrected chi connectivity index (χ1v) is 8.56. The maximum Gasteiger partial charge on any atom is 0.266 e. The van der Waals surface area contributed by atoms with Crippen molar-refractivity contribution in [2.45, 2.75) is 0 Å². The van der Waals surface area contributed by atoms with Gasteiger partial charge in [0.25, 0.3) is 5.56 Å². The van der Waals surface area contributed by atoms with Crippen LogP contribution in [0.15, 0.2) is 53.3 Å². The molecule has 0 fully saturated rings. The van der Waals surface area contributed by atoms with Crippen LogP contribution >= 0.6 is 34.5 Å². The van der Waals surface area contributed by atoms with E-state index >= 15 is 0 Å². The average molecular weight is 376 g/mol. The number of thiazole rings is 1. The van der Waals surface area contributed by atoms with E-state index in [2.05, 4.69) is 4.98 Å². The monoisotopic (exact) mass is 375 g/mol. The molecule has 1 heterocycles. The number of Topliss-reactive ketones (excluding diaryl/α,β-unsaturated/α-hetero) is 1. The van der Waals surface area contributed by atoms with E-state index in [1.165, 1.54) is 17.4 Å². The average Bonchev–Trinajstić information content (AvgIpc) is 2.89. The lowest BCUT2D eigenvalue weighted by Gasteiger charge is -1.94. The van der Waals surface area contributed by atoms with E-state index in [1.807, 2.05) is 12.1 Å². The molecule has 6 heteroatoms. The fraction of sp³-hybridized carbons (Fsp3) is 0. The van der Waals surface area contributed by atoms with Gasteiger partial charge in [0.05, 0.1) is 9.20 Å². The number of carbonyl (C=O) groups excluding carboxylic acids is 1. The third-order valence-corrected chi connectivity index (χ3v) is 4.71. The first-order valence-electron chi connectivity index (χ1n) is 6.99. The van der Waals surface area contributed by atoms with Crippen molar-refractivity contribution < 1.29 is 4.79 Å². The van der Waals surface area contributed by atoms with Crippen LogP contribution in [-0.2, 0) is 0 Å². The van der Waals surface area contributed by atoms with Crippen molar-refractivity contribution in [2.75, 3.05) is 0 Å². The standard InChI is InChI=1S/C18H11Cl2NO2S/c19-13-5-1-11(2-6-13)9-16-18(23)21-17(24-16)10-15(22)12-3-7-14(20)8-4-12/h1-10H,(H,21,23)/b16-9+,17-10-. The Balaban J connectivity index is 1.96. The van der Waals surface area contributed by atoms with E-state index in [0.717, 1.165) is 5.56 Å². The lowest BCUT2D eigenvalue weighted by Crippen LogP contribution is -2.19. The third kappa shape index (κ3) is 4.03. The lowest BCUT2D eigenvalue weighted by molar-refractivity contribution is 0.106. The van der Waals surface area contributed by atoms with Gasteiger partial charge in [-0.05, 0) is 48.0 Å². The summed E-state index contributed by atoms with van der Waals surface area (Å²) in [4.78, 5) is 26.9. The number of hydrogen-bond acceptors (Lipinski definition) is 3. The van der Waals surface area contributed by atoms with E-state index in [9.17, 15) is 9.59 Å². The van der Waals surface area contributed by atoms with E-state index < -0.39 is 0 Å². The molecule has 1 N–H and O–H groups in total. The molecule has 0 aliphatic carbocycles. The van der Waals surface area contributed by atoms with Crippen molar-refractivity contribution in [1.82, 2.24) is 4.98 Å². The predicted molar refractivity (Wildman–Crippen MR) is 99.5 cm³/mol. The number of aromatic nitrogens is 1. The van der Waals surface area contributed by atoms with Crippen molar-refractivity contribution >= 4 is 52.5 Å². The van der Waals surface area contributed by atoms with Crippen LogP contribution in [0, 0.1) is 0 Å². The Morgan fingerprint density at radius 3 is 2.17 bits per heavy atom. The Hall–Kier alpha value is -2.14. The van der Waals surface area contributed by atoms with Gasteiger partial charge in [0.1, 0.15) is 0 Å². The summed E-state index contributed by atoms with van der Waals surface area (Å²) in [5.41, 5.74) is 1.14. The molecular formula is C18H11Cl2NO2S. The Morgan fingerprint density at radius 1 is 0.958 bits per heavy atom. The minimum Gasteiger partial charge on any atom is -0.313 e. The van der Waals surface area contributed by atoms with Crippen LogP contribution < -0.4 is 14.8 Å². The Bertz CT molecular complexity index is 1050. The molecule has 0 aliphatic heterocycles. The number of hydrogen-bond donors (Lipinski definition) is 1. The van der Waals surface area contributed by atoms with Crippen molar-refractivity contribution in [3.8, 4) is 0 Å². The van der Waals surface area contributed by atoms with Crippen molar-refractivity contribution in [3.63, 3.8) is 0 Å². The van der Waals surface area contributed by atoms with Crippen LogP contribution in [-0.4, -0.2) is 10.8 Å².